The van der Waals surface area contributed by atoms with Gasteiger partial charge in [0.2, 0.25) is 0 Å². The van der Waals surface area contributed by atoms with Crippen LogP contribution in [0.4, 0.5) is 0 Å². The first-order valence-electron chi connectivity index (χ1n) is 6.95. The van der Waals surface area contributed by atoms with Gasteiger partial charge in [-0.3, -0.25) is 0 Å². The molecule has 0 atom stereocenters. The fraction of sp³-hybridized carbons (Fsp3) is 0.400. The van der Waals surface area contributed by atoms with Crippen molar-refractivity contribution in [2.24, 2.45) is 10.7 Å². The van der Waals surface area contributed by atoms with E-state index in [4.69, 9.17) is 22.1 Å². The molecule has 2 heterocycles. The lowest BCUT2D eigenvalue weighted by molar-refractivity contribution is 0.0674. The second kappa shape index (κ2) is 6.22. The smallest absolute Gasteiger partial charge is 0.191 e. The van der Waals surface area contributed by atoms with Crippen LogP contribution in [0, 0.1) is 6.92 Å². The van der Waals surface area contributed by atoms with Crippen LogP contribution in [0.1, 0.15) is 10.4 Å². The van der Waals surface area contributed by atoms with E-state index in [1.165, 1.54) is 20.5 Å². The van der Waals surface area contributed by atoms with Gasteiger partial charge in [-0.1, -0.05) is 11.6 Å². The van der Waals surface area contributed by atoms with Gasteiger partial charge in [-0.25, -0.2) is 4.99 Å². The van der Waals surface area contributed by atoms with Crippen LogP contribution in [0.2, 0.25) is 5.02 Å². The fourth-order valence-corrected chi connectivity index (χ4v) is 3.73. The third kappa shape index (κ3) is 3.15. The van der Waals surface area contributed by atoms with Crippen LogP contribution in [0.3, 0.4) is 0 Å². The molecule has 6 heteroatoms. The van der Waals surface area contributed by atoms with Crippen molar-refractivity contribution >= 4 is 39.0 Å². The zero-order valence-corrected chi connectivity index (χ0v) is 13.5. The summed E-state index contributed by atoms with van der Waals surface area (Å²) in [7, 11) is 0. The number of aliphatic imine (C=N–C) groups is 1. The van der Waals surface area contributed by atoms with E-state index >= 15 is 0 Å². The average Bonchev–Trinajstić information content (AvgIpc) is 2.82. The first-order chi connectivity index (χ1) is 10.1. The number of ether oxygens (including phenoxy) is 1. The van der Waals surface area contributed by atoms with Gasteiger partial charge in [0.25, 0.3) is 0 Å². The van der Waals surface area contributed by atoms with Gasteiger partial charge in [0, 0.05) is 27.7 Å². The Morgan fingerprint density at radius 3 is 2.95 bits per heavy atom. The lowest BCUT2D eigenvalue weighted by Gasteiger charge is -2.27. The normalized spacial score (nSPS) is 16.7. The van der Waals surface area contributed by atoms with Gasteiger partial charge < -0.3 is 15.4 Å². The molecule has 21 heavy (non-hydrogen) atoms. The summed E-state index contributed by atoms with van der Waals surface area (Å²) in [6, 6.07) is 6.00. The Bertz CT molecular complexity index is 677. The second-order valence-corrected chi connectivity index (χ2v) is 6.64. The molecule has 0 bridgehead atoms. The minimum Gasteiger partial charge on any atom is -0.378 e. The Morgan fingerprint density at radius 1 is 1.43 bits per heavy atom. The average molecular weight is 324 g/mol. The summed E-state index contributed by atoms with van der Waals surface area (Å²) in [5, 5.41) is 1.98. The number of nitrogens with zero attached hydrogens (tertiary/aromatic N) is 2. The maximum atomic E-state index is 6.07. The Hall–Kier alpha value is -1.30. The predicted molar refractivity (Wildman–Crippen MR) is 89.3 cm³/mol. The van der Waals surface area contributed by atoms with E-state index in [9.17, 15) is 0 Å². The van der Waals surface area contributed by atoms with Gasteiger partial charge in [-0.2, -0.15) is 0 Å². The molecule has 1 aliphatic rings. The zero-order chi connectivity index (χ0) is 14.8. The monoisotopic (exact) mass is 323 g/mol. The summed E-state index contributed by atoms with van der Waals surface area (Å²) in [6.45, 7) is 5.80. The van der Waals surface area contributed by atoms with E-state index < -0.39 is 0 Å². The molecule has 1 aromatic heterocycles. The van der Waals surface area contributed by atoms with Crippen LogP contribution >= 0.6 is 22.9 Å². The minimum atomic E-state index is 0.605. The molecule has 112 valence electrons. The maximum absolute atomic E-state index is 6.07. The molecule has 0 radical (unpaired) electrons. The van der Waals surface area contributed by atoms with E-state index in [1.807, 2.05) is 12.1 Å². The molecular formula is C15H18ClN3OS. The van der Waals surface area contributed by atoms with Gasteiger partial charge in [0.15, 0.2) is 5.96 Å². The van der Waals surface area contributed by atoms with Crippen LogP contribution in [0.25, 0.3) is 10.1 Å². The summed E-state index contributed by atoms with van der Waals surface area (Å²) in [5.74, 6) is 0.605. The Kier molecular flexibility index (Phi) is 4.33. The van der Waals surface area contributed by atoms with Gasteiger partial charge in [0.1, 0.15) is 0 Å². The molecule has 4 nitrogen and oxygen atoms in total. The quantitative estimate of drug-likeness (QED) is 0.682. The van der Waals surface area contributed by atoms with Gasteiger partial charge in [-0.05, 0) is 36.1 Å². The molecule has 3 rings (SSSR count). The van der Waals surface area contributed by atoms with Crippen molar-refractivity contribution in [2.75, 3.05) is 26.3 Å². The van der Waals surface area contributed by atoms with Crippen molar-refractivity contribution < 1.29 is 4.74 Å². The predicted octanol–water partition coefficient (Wildman–Crippen LogP) is 3.01. The molecule has 2 aromatic rings. The third-order valence-corrected chi connectivity index (χ3v) is 5.21. The highest BCUT2D eigenvalue weighted by Gasteiger charge is 2.13. The first-order valence-corrected chi connectivity index (χ1v) is 8.15. The number of thiophene rings is 1. The van der Waals surface area contributed by atoms with Crippen molar-refractivity contribution in [1.29, 1.82) is 0 Å². The third-order valence-electron chi connectivity index (χ3n) is 3.72. The number of hydrogen-bond acceptors (Lipinski definition) is 3. The Labute approximate surface area is 133 Å². The van der Waals surface area contributed by atoms with E-state index in [-0.39, 0.29) is 0 Å². The molecule has 0 saturated carbocycles. The molecule has 0 spiro atoms. The van der Waals surface area contributed by atoms with E-state index in [2.05, 4.69) is 22.9 Å². The lowest BCUT2D eigenvalue weighted by Crippen LogP contribution is -2.44. The van der Waals surface area contributed by atoms with Gasteiger partial charge >= 0.3 is 0 Å². The van der Waals surface area contributed by atoms with Crippen LogP contribution in [0.5, 0.6) is 0 Å². The van der Waals surface area contributed by atoms with Gasteiger partial charge in [0.05, 0.1) is 19.8 Å². The summed E-state index contributed by atoms with van der Waals surface area (Å²) < 4.78 is 6.56. The maximum Gasteiger partial charge on any atom is 0.191 e. The number of morpholine rings is 1. The topological polar surface area (TPSA) is 50.8 Å². The highest BCUT2D eigenvalue weighted by Crippen LogP contribution is 2.33. The Balaban J connectivity index is 1.79. The van der Waals surface area contributed by atoms with Crippen molar-refractivity contribution in [3.05, 3.63) is 33.7 Å². The Morgan fingerprint density at radius 2 is 2.19 bits per heavy atom. The highest BCUT2D eigenvalue weighted by atomic mass is 35.5. The zero-order valence-electron chi connectivity index (χ0n) is 11.9. The number of aryl methyl sites for hydroxylation is 1. The summed E-state index contributed by atoms with van der Waals surface area (Å²) in [4.78, 5) is 7.85. The van der Waals surface area contributed by atoms with Crippen molar-refractivity contribution in [2.45, 2.75) is 13.5 Å². The van der Waals surface area contributed by atoms with Crippen LogP contribution in [-0.4, -0.2) is 37.2 Å². The van der Waals surface area contributed by atoms with Crippen LogP contribution in [0.15, 0.2) is 23.2 Å². The first kappa shape index (κ1) is 14.6. The molecule has 1 fully saturated rings. The molecule has 1 aromatic carbocycles. The standard InChI is InChI=1S/C15H18ClN3OS/c1-10-12-8-11(16)2-3-13(12)21-14(10)9-18-15(17)19-4-6-20-7-5-19/h2-3,8H,4-7,9H2,1H3,(H2,17,18). The summed E-state index contributed by atoms with van der Waals surface area (Å²) in [5.41, 5.74) is 7.31. The largest absolute Gasteiger partial charge is 0.378 e. The number of guanidine groups is 1. The van der Waals surface area contributed by atoms with Gasteiger partial charge in [-0.15, -0.1) is 11.3 Å². The van der Waals surface area contributed by atoms with E-state index in [0.29, 0.717) is 12.5 Å². The number of nitrogens with two attached hydrogens (primary N) is 1. The lowest BCUT2D eigenvalue weighted by atomic mass is 10.1. The number of fused-ring (bicyclic) bond motifs is 1. The van der Waals surface area contributed by atoms with Crippen molar-refractivity contribution in [1.82, 2.24) is 4.90 Å². The molecule has 1 aliphatic heterocycles. The van der Waals surface area contributed by atoms with E-state index in [1.54, 1.807) is 11.3 Å². The molecule has 0 amide bonds. The number of rotatable bonds is 2. The second-order valence-electron chi connectivity index (χ2n) is 5.06. The molecule has 1 saturated heterocycles. The molecule has 2 N–H and O–H groups in total. The van der Waals surface area contributed by atoms with Crippen molar-refractivity contribution in [3.63, 3.8) is 0 Å². The van der Waals surface area contributed by atoms with Crippen LogP contribution < -0.4 is 5.73 Å². The SMILES string of the molecule is Cc1c(CN=C(N)N2CCOCC2)sc2ccc(Cl)cc12. The fourth-order valence-electron chi connectivity index (χ4n) is 2.44. The number of hydrogen-bond donors (Lipinski definition) is 1. The summed E-state index contributed by atoms with van der Waals surface area (Å²) in [6.07, 6.45) is 0. The highest BCUT2D eigenvalue weighted by molar-refractivity contribution is 7.19. The van der Waals surface area contributed by atoms with Crippen LogP contribution in [-0.2, 0) is 11.3 Å². The number of halogens is 1. The minimum absolute atomic E-state index is 0.605. The molecular weight excluding hydrogens is 306 g/mol. The van der Waals surface area contributed by atoms with Crippen molar-refractivity contribution in [3.8, 4) is 0 Å². The van der Waals surface area contributed by atoms with E-state index in [0.717, 1.165) is 31.3 Å². The molecule has 0 unspecified atom stereocenters. The molecule has 0 aliphatic carbocycles. The summed E-state index contributed by atoms with van der Waals surface area (Å²) >= 11 is 7.82. The number of benzene rings is 1.